The first-order valence-corrected chi connectivity index (χ1v) is 8.34. The fraction of sp³-hybridized carbons (Fsp3) is 0.421. The number of morpholine rings is 1. The minimum atomic E-state index is -0.975. The molecule has 1 saturated heterocycles. The highest BCUT2D eigenvalue weighted by molar-refractivity contribution is 6.07. The van der Waals surface area contributed by atoms with Crippen LogP contribution in [0, 0.1) is 0 Å². The molecule has 1 unspecified atom stereocenters. The van der Waals surface area contributed by atoms with E-state index >= 15 is 0 Å². The van der Waals surface area contributed by atoms with Gasteiger partial charge in [-0.15, -0.1) is 0 Å². The van der Waals surface area contributed by atoms with Crippen LogP contribution in [-0.4, -0.2) is 60.9 Å². The predicted molar refractivity (Wildman–Crippen MR) is 94.2 cm³/mol. The van der Waals surface area contributed by atoms with Crippen LogP contribution in [0.5, 0.6) is 0 Å². The van der Waals surface area contributed by atoms with E-state index in [1.54, 1.807) is 6.92 Å². The van der Waals surface area contributed by atoms with Crippen molar-refractivity contribution in [1.82, 2.24) is 10.2 Å². The molecule has 2 N–H and O–H groups in total. The van der Waals surface area contributed by atoms with Crippen LogP contribution in [-0.2, 0) is 4.74 Å². The Bertz CT molecular complexity index is 703. The first-order valence-electron chi connectivity index (χ1n) is 8.34. The highest BCUT2D eigenvalue weighted by Gasteiger charge is 2.26. The molecule has 0 aliphatic carbocycles. The van der Waals surface area contributed by atoms with Crippen molar-refractivity contribution in [3.63, 3.8) is 0 Å². The van der Waals surface area contributed by atoms with Crippen LogP contribution in [0.2, 0.25) is 0 Å². The van der Waals surface area contributed by atoms with Crippen molar-refractivity contribution in [2.75, 3.05) is 39.4 Å². The normalized spacial score (nSPS) is 18.2. The molecule has 24 heavy (non-hydrogen) atoms. The van der Waals surface area contributed by atoms with E-state index < -0.39 is 5.60 Å². The van der Waals surface area contributed by atoms with Gasteiger partial charge in [0.05, 0.1) is 18.8 Å². The summed E-state index contributed by atoms with van der Waals surface area (Å²) in [6, 6.07) is 13.5. The third-order valence-corrected chi connectivity index (χ3v) is 4.33. The summed E-state index contributed by atoms with van der Waals surface area (Å²) >= 11 is 0. The molecule has 1 atom stereocenters. The zero-order valence-electron chi connectivity index (χ0n) is 14.0. The summed E-state index contributed by atoms with van der Waals surface area (Å²) in [6.07, 6.45) is 0. The lowest BCUT2D eigenvalue weighted by atomic mass is 10.0. The number of nitrogens with one attached hydrogen (secondary N) is 1. The lowest BCUT2D eigenvalue weighted by molar-refractivity contribution is -0.0213. The number of carbonyl (C=O) groups is 1. The number of β-amino-alcohol motifs (C(OH)–C–C–N with tert-alkyl or cyclic N) is 1. The van der Waals surface area contributed by atoms with Crippen molar-refractivity contribution < 1.29 is 14.6 Å². The minimum absolute atomic E-state index is 0.158. The fourth-order valence-electron chi connectivity index (χ4n) is 3.09. The average Bonchev–Trinajstić information content (AvgIpc) is 2.60. The molecule has 5 heteroatoms. The average molecular weight is 328 g/mol. The van der Waals surface area contributed by atoms with Gasteiger partial charge in [-0.3, -0.25) is 9.69 Å². The van der Waals surface area contributed by atoms with Gasteiger partial charge in [-0.25, -0.2) is 0 Å². The first-order chi connectivity index (χ1) is 11.6. The maximum absolute atomic E-state index is 12.5. The Hall–Kier alpha value is -1.95. The summed E-state index contributed by atoms with van der Waals surface area (Å²) in [5.41, 5.74) is -0.340. The van der Waals surface area contributed by atoms with Crippen molar-refractivity contribution in [3.05, 3.63) is 48.0 Å². The number of fused-ring (bicyclic) bond motifs is 1. The predicted octanol–water partition coefficient (Wildman–Crippen LogP) is 1.65. The molecule has 0 radical (unpaired) electrons. The van der Waals surface area contributed by atoms with Crippen LogP contribution in [0.15, 0.2) is 42.5 Å². The Morgan fingerprint density at radius 1 is 1.21 bits per heavy atom. The van der Waals surface area contributed by atoms with Gasteiger partial charge in [0.15, 0.2) is 0 Å². The third-order valence-electron chi connectivity index (χ3n) is 4.33. The molecular formula is C19H24N2O3. The molecule has 0 bridgehead atoms. The molecule has 1 amide bonds. The van der Waals surface area contributed by atoms with E-state index in [1.807, 2.05) is 42.5 Å². The van der Waals surface area contributed by atoms with E-state index in [9.17, 15) is 9.90 Å². The Balaban J connectivity index is 1.63. The number of carbonyl (C=O) groups excluding carboxylic acids is 1. The number of nitrogens with zero attached hydrogens (tertiary/aromatic N) is 1. The smallest absolute Gasteiger partial charge is 0.252 e. The molecule has 3 rings (SSSR count). The van der Waals surface area contributed by atoms with Crippen LogP contribution in [0.1, 0.15) is 17.3 Å². The van der Waals surface area contributed by atoms with E-state index in [4.69, 9.17) is 4.74 Å². The van der Waals surface area contributed by atoms with Crippen LogP contribution in [0.3, 0.4) is 0 Å². The molecule has 0 spiro atoms. The van der Waals surface area contributed by atoms with Gasteiger partial charge in [0.2, 0.25) is 0 Å². The molecule has 1 heterocycles. The molecule has 2 aromatic carbocycles. The Labute approximate surface area is 142 Å². The SMILES string of the molecule is CC(O)(CNC(=O)c1cccc2ccccc12)CN1CCOCC1. The largest absolute Gasteiger partial charge is 0.387 e. The molecule has 0 saturated carbocycles. The van der Waals surface area contributed by atoms with Gasteiger partial charge in [-0.1, -0.05) is 36.4 Å². The topological polar surface area (TPSA) is 61.8 Å². The van der Waals surface area contributed by atoms with Gasteiger partial charge >= 0.3 is 0 Å². The summed E-state index contributed by atoms with van der Waals surface area (Å²) < 4.78 is 5.32. The second-order valence-corrected chi connectivity index (χ2v) is 6.59. The van der Waals surface area contributed by atoms with Crippen molar-refractivity contribution >= 4 is 16.7 Å². The summed E-state index contributed by atoms with van der Waals surface area (Å²) in [6.45, 7) is 5.50. The number of hydrogen-bond donors (Lipinski definition) is 2. The van der Waals surface area contributed by atoms with Gasteiger partial charge in [-0.2, -0.15) is 0 Å². The molecule has 2 aromatic rings. The van der Waals surface area contributed by atoms with Crippen molar-refractivity contribution in [2.24, 2.45) is 0 Å². The molecular weight excluding hydrogens is 304 g/mol. The first kappa shape index (κ1) is 16.9. The standard InChI is InChI=1S/C19H24N2O3/c1-19(23,14-21-9-11-24-12-10-21)13-20-18(22)17-8-4-6-15-5-2-3-7-16(15)17/h2-8,23H,9-14H2,1H3,(H,20,22). The quantitative estimate of drug-likeness (QED) is 0.876. The minimum Gasteiger partial charge on any atom is -0.387 e. The van der Waals surface area contributed by atoms with E-state index in [1.165, 1.54) is 0 Å². The summed E-state index contributed by atoms with van der Waals surface area (Å²) in [5, 5.41) is 15.4. The maximum atomic E-state index is 12.5. The Kier molecular flexibility index (Phi) is 5.14. The van der Waals surface area contributed by atoms with Crippen molar-refractivity contribution in [2.45, 2.75) is 12.5 Å². The van der Waals surface area contributed by atoms with E-state index in [2.05, 4.69) is 10.2 Å². The number of ether oxygens (including phenoxy) is 1. The number of aliphatic hydroxyl groups is 1. The Morgan fingerprint density at radius 3 is 2.71 bits per heavy atom. The molecule has 5 nitrogen and oxygen atoms in total. The zero-order chi connectivity index (χ0) is 17.0. The van der Waals surface area contributed by atoms with Crippen molar-refractivity contribution in [3.8, 4) is 0 Å². The van der Waals surface area contributed by atoms with Crippen LogP contribution >= 0.6 is 0 Å². The fourth-order valence-corrected chi connectivity index (χ4v) is 3.09. The van der Waals surface area contributed by atoms with Gasteiger partial charge in [0.25, 0.3) is 5.91 Å². The lowest BCUT2D eigenvalue weighted by Crippen LogP contribution is -2.51. The second kappa shape index (κ2) is 7.30. The van der Waals surface area contributed by atoms with Gasteiger partial charge in [-0.05, 0) is 23.8 Å². The number of benzene rings is 2. The second-order valence-electron chi connectivity index (χ2n) is 6.59. The summed E-state index contributed by atoms with van der Waals surface area (Å²) in [4.78, 5) is 14.7. The highest BCUT2D eigenvalue weighted by Crippen LogP contribution is 2.18. The van der Waals surface area contributed by atoms with Crippen LogP contribution < -0.4 is 5.32 Å². The lowest BCUT2D eigenvalue weighted by Gasteiger charge is -2.33. The summed E-state index contributed by atoms with van der Waals surface area (Å²) in [7, 11) is 0. The Morgan fingerprint density at radius 2 is 1.92 bits per heavy atom. The molecule has 0 aromatic heterocycles. The van der Waals surface area contributed by atoms with Crippen molar-refractivity contribution in [1.29, 1.82) is 0 Å². The summed E-state index contributed by atoms with van der Waals surface area (Å²) in [5.74, 6) is -0.158. The molecule has 1 fully saturated rings. The van der Waals surface area contributed by atoms with Gasteiger partial charge in [0.1, 0.15) is 0 Å². The van der Waals surface area contributed by atoms with E-state index in [0.717, 1.165) is 23.9 Å². The highest BCUT2D eigenvalue weighted by atomic mass is 16.5. The molecule has 1 aliphatic rings. The molecule has 128 valence electrons. The van der Waals surface area contributed by atoms with Gasteiger partial charge < -0.3 is 15.2 Å². The van der Waals surface area contributed by atoms with E-state index in [-0.39, 0.29) is 12.5 Å². The number of rotatable bonds is 5. The van der Waals surface area contributed by atoms with Crippen LogP contribution in [0.25, 0.3) is 10.8 Å². The number of hydrogen-bond acceptors (Lipinski definition) is 4. The zero-order valence-corrected chi connectivity index (χ0v) is 14.0. The van der Waals surface area contributed by atoms with E-state index in [0.29, 0.717) is 25.3 Å². The third kappa shape index (κ3) is 4.12. The maximum Gasteiger partial charge on any atom is 0.252 e. The molecule has 1 aliphatic heterocycles. The van der Waals surface area contributed by atoms with Crippen LogP contribution in [0.4, 0.5) is 0 Å². The van der Waals surface area contributed by atoms with Gasteiger partial charge in [0, 0.05) is 31.7 Å². The number of amides is 1. The monoisotopic (exact) mass is 328 g/mol.